The lowest BCUT2D eigenvalue weighted by Gasteiger charge is -2.29. The van der Waals surface area contributed by atoms with Gasteiger partial charge >= 0.3 is 0 Å². The summed E-state index contributed by atoms with van der Waals surface area (Å²) >= 11 is 0. The normalized spacial score (nSPS) is 13.0. The molecule has 0 amide bonds. The molecule has 0 aromatic carbocycles. The Morgan fingerprint density at radius 1 is 0.938 bits per heavy atom. The van der Waals surface area contributed by atoms with Gasteiger partial charge in [0.25, 0.3) is 0 Å². The molecule has 0 saturated heterocycles. The Balaban J connectivity index is 3.59. The van der Waals surface area contributed by atoms with Crippen LogP contribution in [0.5, 0.6) is 0 Å². The Bertz CT molecular complexity index is 398. The lowest BCUT2D eigenvalue weighted by Crippen LogP contribution is -2.26. The minimum absolute atomic E-state index is 0.294. The van der Waals surface area contributed by atoms with E-state index in [9.17, 15) is 8.78 Å². The monoisotopic (exact) mass is 227 g/mol. The fourth-order valence-corrected chi connectivity index (χ4v) is 1.72. The molecule has 1 heterocycles. The van der Waals surface area contributed by atoms with E-state index in [0.29, 0.717) is 11.3 Å². The van der Waals surface area contributed by atoms with Gasteiger partial charge in [0.1, 0.15) is 0 Å². The molecule has 1 aromatic rings. The van der Waals surface area contributed by atoms with Gasteiger partial charge in [-0.1, -0.05) is 41.5 Å². The molecule has 0 saturated carbocycles. The lowest BCUT2D eigenvalue weighted by molar-refractivity contribution is 0.434. The van der Waals surface area contributed by atoms with Crippen LogP contribution in [0, 0.1) is 11.6 Å². The molecular weight excluding hydrogens is 208 g/mol. The Hall–Kier alpha value is -0.990. The molecule has 0 aliphatic carbocycles. The van der Waals surface area contributed by atoms with Crippen molar-refractivity contribution >= 4 is 0 Å². The highest BCUT2D eigenvalue weighted by Gasteiger charge is 2.31. The molecular formula is C13H19F2N. The molecule has 3 heteroatoms. The first-order valence-corrected chi connectivity index (χ1v) is 5.40. The summed E-state index contributed by atoms with van der Waals surface area (Å²) in [6.07, 6.45) is 0.963. The first-order valence-electron chi connectivity index (χ1n) is 5.40. The Morgan fingerprint density at radius 2 is 1.44 bits per heavy atom. The SMILES string of the molecule is CC(C)(C)c1ncc(F)c(F)c1C(C)(C)C. The summed E-state index contributed by atoms with van der Waals surface area (Å²) in [4.78, 5) is 4.06. The Labute approximate surface area is 95.9 Å². The van der Waals surface area contributed by atoms with Gasteiger partial charge in [0.15, 0.2) is 11.6 Å². The highest BCUT2D eigenvalue weighted by Crippen LogP contribution is 2.34. The van der Waals surface area contributed by atoms with Crippen LogP contribution < -0.4 is 0 Å². The Morgan fingerprint density at radius 3 is 1.81 bits per heavy atom. The fourth-order valence-electron chi connectivity index (χ4n) is 1.72. The van der Waals surface area contributed by atoms with Crippen LogP contribution in [-0.2, 0) is 10.8 Å². The van der Waals surface area contributed by atoms with E-state index < -0.39 is 17.0 Å². The quantitative estimate of drug-likeness (QED) is 0.654. The van der Waals surface area contributed by atoms with Gasteiger partial charge in [-0.25, -0.2) is 8.78 Å². The predicted octanol–water partition coefficient (Wildman–Crippen LogP) is 3.95. The molecule has 16 heavy (non-hydrogen) atoms. The number of hydrogen-bond donors (Lipinski definition) is 0. The van der Waals surface area contributed by atoms with Crippen molar-refractivity contribution in [3.63, 3.8) is 0 Å². The molecule has 0 aliphatic rings. The minimum Gasteiger partial charge on any atom is -0.257 e. The topological polar surface area (TPSA) is 12.9 Å². The predicted molar refractivity (Wildman–Crippen MR) is 61.6 cm³/mol. The van der Waals surface area contributed by atoms with Gasteiger partial charge in [0.2, 0.25) is 0 Å². The van der Waals surface area contributed by atoms with Crippen molar-refractivity contribution in [2.45, 2.75) is 52.4 Å². The van der Waals surface area contributed by atoms with Gasteiger partial charge in [-0.2, -0.15) is 0 Å². The van der Waals surface area contributed by atoms with Crippen LogP contribution in [0.2, 0.25) is 0 Å². The summed E-state index contributed by atoms with van der Waals surface area (Å²) in [7, 11) is 0. The molecule has 1 rings (SSSR count). The highest BCUT2D eigenvalue weighted by molar-refractivity contribution is 5.33. The molecule has 0 atom stereocenters. The van der Waals surface area contributed by atoms with Gasteiger partial charge < -0.3 is 0 Å². The third-order valence-electron chi connectivity index (χ3n) is 2.43. The standard InChI is InChI=1S/C13H19F2N/c1-12(2,3)9-10(15)8(14)7-16-11(9)13(4,5)6/h7H,1-6H3. The first kappa shape index (κ1) is 13.1. The number of halogens is 2. The van der Waals surface area contributed by atoms with Gasteiger partial charge in [-0.05, 0) is 5.41 Å². The molecule has 0 aliphatic heterocycles. The van der Waals surface area contributed by atoms with Crippen molar-refractivity contribution in [3.05, 3.63) is 29.1 Å². The van der Waals surface area contributed by atoms with E-state index in [1.54, 1.807) is 0 Å². The van der Waals surface area contributed by atoms with Crippen LogP contribution in [0.4, 0.5) is 8.78 Å². The maximum atomic E-state index is 13.9. The molecule has 0 spiro atoms. The Kier molecular flexibility index (Phi) is 3.10. The van der Waals surface area contributed by atoms with E-state index in [0.717, 1.165) is 6.20 Å². The second-order valence-corrected chi connectivity index (χ2v) is 6.14. The van der Waals surface area contributed by atoms with Gasteiger partial charge in [-0.15, -0.1) is 0 Å². The first-order chi connectivity index (χ1) is 7.05. The zero-order chi connectivity index (χ0) is 12.7. The summed E-state index contributed by atoms with van der Waals surface area (Å²) < 4.78 is 27.1. The molecule has 0 bridgehead atoms. The average molecular weight is 227 g/mol. The molecule has 0 unspecified atom stereocenters. The third-order valence-corrected chi connectivity index (χ3v) is 2.43. The largest absolute Gasteiger partial charge is 0.257 e. The van der Waals surface area contributed by atoms with E-state index >= 15 is 0 Å². The summed E-state index contributed by atoms with van der Waals surface area (Å²) in [5.74, 6) is -1.65. The van der Waals surface area contributed by atoms with Crippen molar-refractivity contribution in [2.24, 2.45) is 0 Å². The van der Waals surface area contributed by atoms with Crippen molar-refractivity contribution in [1.29, 1.82) is 0 Å². The second-order valence-electron chi connectivity index (χ2n) is 6.14. The zero-order valence-electron chi connectivity index (χ0n) is 10.8. The van der Waals surface area contributed by atoms with E-state index in [2.05, 4.69) is 4.98 Å². The van der Waals surface area contributed by atoms with Crippen LogP contribution in [0.15, 0.2) is 6.20 Å². The summed E-state index contributed by atoms with van der Waals surface area (Å²) in [6.45, 7) is 11.4. The van der Waals surface area contributed by atoms with Crippen molar-refractivity contribution in [2.75, 3.05) is 0 Å². The van der Waals surface area contributed by atoms with Gasteiger partial charge in [-0.3, -0.25) is 4.98 Å². The van der Waals surface area contributed by atoms with Crippen molar-refractivity contribution in [1.82, 2.24) is 4.98 Å². The van der Waals surface area contributed by atoms with Gasteiger partial charge in [0.05, 0.1) is 11.9 Å². The molecule has 90 valence electrons. The number of aromatic nitrogens is 1. The summed E-state index contributed by atoms with van der Waals surface area (Å²) in [6, 6.07) is 0. The second kappa shape index (κ2) is 3.79. The zero-order valence-corrected chi connectivity index (χ0v) is 10.8. The van der Waals surface area contributed by atoms with Crippen LogP contribution in [0.25, 0.3) is 0 Å². The molecule has 1 aromatic heterocycles. The van der Waals surface area contributed by atoms with Crippen LogP contribution in [-0.4, -0.2) is 4.98 Å². The average Bonchev–Trinajstić information content (AvgIpc) is 2.05. The van der Waals surface area contributed by atoms with E-state index in [1.165, 1.54) is 0 Å². The van der Waals surface area contributed by atoms with Crippen LogP contribution in [0.1, 0.15) is 52.8 Å². The highest BCUT2D eigenvalue weighted by atomic mass is 19.2. The van der Waals surface area contributed by atoms with E-state index in [4.69, 9.17) is 0 Å². The smallest absolute Gasteiger partial charge is 0.177 e. The molecule has 0 fully saturated rings. The molecule has 0 radical (unpaired) electrons. The number of rotatable bonds is 0. The maximum Gasteiger partial charge on any atom is 0.177 e. The molecule has 1 nitrogen and oxygen atoms in total. The third kappa shape index (κ3) is 2.39. The van der Waals surface area contributed by atoms with E-state index in [-0.39, 0.29) is 5.41 Å². The minimum atomic E-state index is -0.877. The summed E-state index contributed by atoms with van der Waals surface area (Å²) in [5.41, 5.74) is 0.248. The van der Waals surface area contributed by atoms with Crippen LogP contribution in [0.3, 0.4) is 0 Å². The number of pyridine rings is 1. The van der Waals surface area contributed by atoms with E-state index in [1.807, 2.05) is 41.5 Å². The molecule has 0 N–H and O–H groups in total. The lowest BCUT2D eigenvalue weighted by atomic mass is 9.78. The number of nitrogens with zero attached hydrogens (tertiary/aromatic N) is 1. The maximum absolute atomic E-state index is 13.9. The van der Waals surface area contributed by atoms with Crippen molar-refractivity contribution in [3.8, 4) is 0 Å². The number of hydrogen-bond acceptors (Lipinski definition) is 1. The fraction of sp³-hybridized carbons (Fsp3) is 0.615. The summed E-state index contributed by atoms with van der Waals surface area (Å²) in [5, 5.41) is 0. The van der Waals surface area contributed by atoms with Crippen LogP contribution >= 0.6 is 0 Å². The van der Waals surface area contributed by atoms with Crippen molar-refractivity contribution < 1.29 is 8.78 Å². The van der Waals surface area contributed by atoms with Gasteiger partial charge in [0, 0.05) is 11.0 Å².